The number of nitrogens with zero attached hydrogens (tertiary/aromatic N) is 2. The van der Waals surface area contributed by atoms with E-state index in [9.17, 15) is 24.6 Å². The van der Waals surface area contributed by atoms with Gasteiger partial charge in [-0.3, -0.25) is 14.4 Å². The van der Waals surface area contributed by atoms with Gasteiger partial charge < -0.3 is 30.6 Å². The Hall–Kier alpha value is -4.31. The van der Waals surface area contributed by atoms with Gasteiger partial charge in [0.1, 0.15) is 0 Å². The average Bonchev–Trinajstić information content (AvgIpc) is 3.68. The molecule has 234 valence electrons. The summed E-state index contributed by atoms with van der Waals surface area (Å²) in [6.07, 6.45) is 5.96. The quantitative estimate of drug-likeness (QED) is 0.275. The molecule has 9 nitrogen and oxygen atoms in total. The number of benzene rings is 3. The van der Waals surface area contributed by atoms with E-state index >= 15 is 0 Å². The minimum atomic E-state index is -1.80. The van der Waals surface area contributed by atoms with Crippen molar-refractivity contribution in [2.45, 2.75) is 63.4 Å². The molecule has 3 aliphatic rings. The van der Waals surface area contributed by atoms with Crippen LogP contribution in [0.2, 0.25) is 0 Å². The monoisotopic (exact) mass is 608 g/mol. The Balaban J connectivity index is 1.13. The van der Waals surface area contributed by atoms with E-state index in [-0.39, 0.29) is 43.5 Å². The van der Waals surface area contributed by atoms with E-state index in [1.54, 1.807) is 41.0 Å². The van der Waals surface area contributed by atoms with E-state index in [4.69, 9.17) is 0 Å². The molecule has 0 aliphatic carbocycles. The van der Waals surface area contributed by atoms with E-state index < -0.39 is 17.4 Å². The number of fused-ring (bicyclic) bond motifs is 2. The van der Waals surface area contributed by atoms with Crippen molar-refractivity contribution in [3.05, 3.63) is 107 Å². The van der Waals surface area contributed by atoms with Crippen molar-refractivity contribution in [2.24, 2.45) is 5.92 Å². The van der Waals surface area contributed by atoms with Crippen molar-refractivity contribution < 1.29 is 24.6 Å². The highest BCUT2D eigenvalue weighted by Gasteiger charge is 2.52. The molecule has 9 heteroatoms. The van der Waals surface area contributed by atoms with Crippen LogP contribution in [-0.2, 0) is 39.5 Å². The summed E-state index contributed by atoms with van der Waals surface area (Å²) in [5, 5.41) is 28.1. The van der Waals surface area contributed by atoms with Crippen LogP contribution in [-0.4, -0.2) is 58.1 Å². The van der Waals surface area contributed by atoms with Gasteiger partial charge in [-0.05, 0) is 60.7 Å². The number of aliphatic hydroxyl groups excluding tert-OH is 1. The minimum absolute atomic E-state index is 0.0489. The Kier molecular flexibility index (Phi) is 8.85. The summed E-state index contributed by atoms with van der Waals surface area (Å²) >= 11 is 0. The Morgan fingerprint density at radius 2 is 1.80 bits per heavy atom. The zero-order valence-electron chi connectivity index (χ0n) is 25.5. The number of carbonyl (C=O) groups excluding carboxylic acids is 3. The second-order valence-corrected chi connectivity index (χ2v) is 12.3. The highest BCUT2D eigenvalue weighted by atomic mass is 16.3. The molecule has 0 radical (unpaired) electrons. The standard InChI is InChI=1S/C36H40N4O5/c1-24(8-6-14-33(42)39-22-27-10-3-2-9-26(27)20-29(39)23-41)36(45)30-11-4-5-13-32(30)40(35(36)44)21-25-15-17-28(18-16-25)38-34(43)31-12-7-19-37-31/h2-6,8-11,13,15-18,24,29,31,37,41,45H,7,12,14,19-23H2,1H3,(H,38,43)/b8-6+/t24-,29-,31+,36+/m0/s1. The number of carbonyl (C=O) groups is 3. The van der Waals surface area contributed by atoms with E-state index in [2.05, 4.69) is 10.6 Å². The molecule has 0 bridgehead atoms. The maximum atomic E-state index is 13.9. The van der Waals surface area contributed by atoms with Crippen LogP contribution < -0.4 is 15.5 Å². The van der Waals surface area contributed by atoms with Crippen molar-refractivity contribution in [3.63, 3.8) is 0 Å². The van der Waals surface area contributed by atoms with Crippen molar-refractivity contribution in [1.29, 1.82) is 0 Å². The molecule has 45 heavy (non-hydrogen) atoms. The number of nitrogens with one attached hydrogen (secondary N) is 2. The van der Waals surface area contributed by atoms with Crippen molar-refractivity contribution >= 4 is 29.1 Å². The first-order valence-electron chi connectivity index (χ1n) is 15.7. The van der Waals surface area contributed by atoms with Crippen LogP contribution in [0.15, 0.2) is 84.9 Å². The third-order valence-corrected chi connectivity index (χ3v) is 9.38. The molecular formula is C36H40N4O5. The summed E-state index contributed by atoms with van der Waals surface area (Å²) in [7, 11) is 0. The van der Waals surface area contributed by atoms with E-state index in [1.165, 1.54) is 0 Å². The fourth-order valence-electron chi connectivity index (χ4n) is 6.74. The zero-order chi connectivity index (χ0) is 31.6. The molecule has 3 amide bonds. The maximum absolute atomic E-state index is 13.9. The lowest BCUT2D eigenvalue weighted by atomic mass is 9.83. The molecule has 0 spiro atoms. The summed E-state index contributed by atoms with van der Waals surface area (Å²) in [4.78, 5) is 42.9. The number of hydrogen-bond acceptors (Lipinski definition) is 6. The van der Waals surface area contributed by atoms with Crippen molar-refractivity contribution in [2.75, 3.05) is 23.4 Å². The summed E-state index contributed by atoms with van der Waals surface area (Å²) < 4.78 is 0. The number of anilines is 2. The SMILES string of the molecule is C[C@@H](/C=C/CC(=O)N1Cc2ccccc2C[C@H]1CO)[C@]1(O)C(=O)N(Cc2ccc(NC(=O)[C@H]3CCCN3)cc2)c2ccccc21. The molecular weight excluding hydrogens is 568 g/mol. The van der Waals surface area contributed by atoms with Crippen LogP contribution >= 0.6 is 0 Å². The molecule has 3 heterocycles. The third kappa shape index (κ3) is 6.03. The van der Waals surface area contributed by atoms with Gasteiger partial charge in [-0.25, -0.2) is 0 Å². The van der Waals surface area contributed by atoms with Gasteiger partial charge in [0.15, 0.2) is 5.60 Å². The van der Waals surface area contributed by atoms with Crippen LogP contribution in [0, 0.1) is 5.92 Å². The average molecular weight is 609 g/mol. The largest absolute Gasteiger partial charge is 0.394 e. The Labute approximate surface area is 263 Å². The van der Waals surface area contributed by atoms with Crippen LogP contribution in [0.25, 0.3) is 0 Å². The Morgan fingerprint density at radius 1 is 1.07 bits per heavy atom. The maximum Gasteiger partial charge on any atom is 0.264 e. The predicted octanol–water partition coefficient (Wildman–Crippen LogP) is 3.64. The lowest BCUT2D eigenvalue weighted by molar-refractivity contribution is -0.139. The van der Waals surface area contributed by atoms with Gasteiger partial charge >= 0.3 is 0 Å². The van der Waals surface area contributed by atoms with Crippen molar-refractivity contribution in [1.82, 2.24) is 10.2 Å². The molecule has 6 rings (SSSR count). The summed E-state index contributed by atoms with van der Waals surface area (Å²) in [6, 6.07) is 22.2. The summed E-state index contributed by atoms with van der Waals surface area (Å²) in [5.41, 5.74) is 3.15. The van der Waals surface area contributed by atoms with E-state index in [0.29, 0.717) is 29.9 Å². The number of hydrogen-bond donors (Lipinski definition) is 4. The van der Waals surface area contributed by atoms with Crippen LogP contribution in [0.1, 0.15) is 48.4 Å². The van der Waals surface area contributed by atoms with E-state index in [1.807, 2.05) is 60.7 Å². The molecule has 0 saturated carbocycles. The van der Waals surface area contributed by atoms with Gasteiger partial charge in [0.05, 0.1) is 30.9 Å². The number of rotatable bonds is 9. The zero-order valence-corrected chi connectivity index (χ0v) is 25.5. The molecule has 3 aromatic rings. The smallest absolute Gasteiger partial charge is 0.264 e. The van der Waals surface area contributed by atoms with Gasteiger partial charge in [0.2, 0.25) is 11.8 Å². The second kappa shape index (κ2) is 13.0. The normalized spacial score (nSPS) is 23.2. The number of para-hydroxylation sites is 1. The van der Waals surface area contributed by atoms with Gasteiger partial charge in [-0.15, -0.1) is 0 Å². The van der Waals surface area contributed by atoms with Crippen LogP contribution in [0.3, 0.4) is 0 Å². The second-order valence-electron chi connectivity index (χ2n) is 12.3. The lowest BCUT2D eigenvalue weighted by Crippen LogP contribution is -2.46. The van der Waals surface area contributed by atoms with Gasteiger partial charge in [-0.1, -0.05) is 73.7 Å². The highest BCUT2D eigenvalue weighted by Crippen LogP contribution is 2.45. The Morgan fingerprint density at radius 3 is 2.53 bits per heavy atom. The molecule has 0 unspecified atom stereocenters. The molecule has 4 atom stereocenters. The predicted molar refractivity (Wildman–Crippen MR) is 172 cm³/mol. The third-order valence-electron chi connectivity index (χ3n) is 9.38. The first-order valence-corrected chi connectivity index (χ1v) is 15.7. The molecule has 1 fully saturated rings. The summed E-state index contributed by atoms with van der Waals surface area (Å²) in [6.45, 7) is 3.21. The van der Waals surface area contributed by atoms with E-state index in [0.717, 1.165) is 36.1 Å². The summed E-state index contributed by atoms with van der Waals surface area (Å²) in [5.74, 6) is -1.20. The van der Waals surface area contributed by atoms with Crippen molar-refractivity contribution in [3.8, 4) is 0 Å². The van der Waals surface area contributed by atoms with Crippen LogP contribution in [0.4, 0.5) is 11.4 Å². The number of aliphatic hydroxyl groups is 2. The highest BCUT2D eigenvalue weighted by molar-refractivity contribution is 6.07. The molecule has 0 aromatic heterocycles. The Bertz CT molecular complexity index is 1600. The fourth-order valence-corrected chi connectivity index (χ4v) is 6.74. The minimum Gasteiger partial charge on any atom is -0.394 e. The molecule has 1 saturated heterocycles. The molecule has 3 aliphatic heterocycles. The molecule has 4 N–H and O–H groups in total. The molecule has 3 aromatic carbocycles. The fraction of sp³-hybridized carbons (Fsp3) is 0.361. The first-order chi connectivity index (χ1) is 21.8. The lowest BCUT2D eigenvalue weighted by Gasteiger charge is -2.36. The van der Waals surface area contributed by atoms with Gasteiger partial charge in [0.25, 0.3) is 5.91 Å². The topological polar surface area (TPSA) is 122 Å². The van der Waals surface area contributed by atoms with Gasteiger partial charge in [0, 0.05) is 30.1 Å². The number of amides is 3. The first kappa shape index (κ1) is 30.7. The van der Waals surface area contributed by atoms with Gasteiger partial charge in [-0.2, -0.15) is 0 Å². The van der Waals surface area contributed by atoms with Crippen LogP contribution in [0.5, 0.6) is 0 Å².